The van der Waals surface area contributed by atoms with Crippen molar-refractivity contribution in [2.24, 2.45) is 0 Å². The Morgan fingerprint density at radius 1 is 1.08 bits per heavy atom. The number of hydrogen-bond donors (Lipinski definition) is 2. The second kappa shape index (κ2) is 9.37. The Kier molecular flexibility index (Phi) is 6.89. The highest BCUT2D eigenvalue weighted by Crippen LogP contribution is 2.03. The third-order valence-corrected chi connectivity index (χ3v) is 3.60. The van der Waals surface area contributed by atoms with Crippen LogP contribution < -0.4 is 10.6 Å². The van der Waals surface area contributed by atoms with Gasteiger partial charge >= 0.3 is 0 Å². The summed E-state index contributed by atoms with van der Waals surface area (Å²) < 4.78 is 12.8. The summed E-state index contributed by atoms with van der Waals surface area (Å²) in [5.74, 6) is -0.874. The lowest BCUT2D eigenvalue weighted by Crippen LogP contribution is -2.44. The predicted octanol–water partition coefficient (Wildman–Crippen LogP) is 2.70. The van der Waals surface area contributed by atoms with Crippen LogP contribution in [0.4, 0.5) is 4.39 Å². The van der Waals surface area contributed by atoms with E-state index < -0.39 is 6.04 Å². The van der Waals surface area contributed by atoms with Crippen molar-refractivity contribution in [3.8, 4) is 0 Å². The molecule has 0 aliphatic heterocycles. The van der Waals surface area contributed by atoms with Crippen molar-refractivity contribution in [3.63, 3.8) is 0 Å². The molecule has 0 saturated carbocycles. The largest absolute Gasteiger partial charge is 0.354 e. The smallest absolute Gasteiger partial charge is 0.244 e. The quantitative estimate of drug-likeness (QED) is 0.762. The summed E-state index contributed by atoms with van der Waals surface area (Å²) in [5.41, 5.74) is 1.85. The molecule has 1 atom stereocenters. The molecule has 0 spiro atoms. The van der Waals surface area contributed by atoms with E-state index in [4.69, 9.17) is 0 Å². The lowest BCUT2D eigenvalue weighted by Gasteiger charge is -2.13. The van der Waals surface area contributed by atoms with Gasteiger partial charge in [-0.1, -0.05) is 42.5 Å². The molecule has 0 aliphatic carbocycles. The molecule has 0 bridgehead atoms. The normalized spacial score (nSPS) is 11.9. The Hall–Kier alpha value is -2.95. The number of benzene rings is 2. The Balaban J connectivity index is 1.73. The maximum absolute atomic E-state index is 12.8. The number of rotatable bonds is 7. The standard InChI is InChI=1S/C20H21FN2O2/c1-15(23-19(24)12-9-16-5-3-2-4-6-16)20(25)22-14-13-17-7-10-18(21)11-8-17/h2-12,15H,13-14H2,1H3,(H,22,25)(H,23,24)/b12-9+/t15-/m0/s1. The maximum atomic E-state index is 12.8. The van der Waals surface area contributed by atoms with Gasteiger partial charge in [-0.15, -0.1) is 0 Å². The Labute approximate surface area is 146 Å². The lowest BCUT2D eigenvalue weighted by atomic mass is 10.1. The van der Waals surface area contributed by atoms with E-state index >= 15 is 0 Å². The van der Waals surface area contributed by atoms with Crippen LogP contribution in [-0.4, -0.2) is 24.4 Å². The van der Waals surface area contributed by atoms with Crippen LogP contribution in [0.25, 0.3) is 6.08 Å². The van der Waals surface area contributed by atoms with Gasteiger partial charge in [0.1, 0.15) is 11.9 Å². The highest BCUT2D eigenvalue weighted by Gasteiger charge is 2.13. The molecule has 0 heterocycles. The van der Waals surface area contributed by atoms with Crippen LogP contribution >= 0.6 is 0 Å². The van der Waals surface area contributed by atoms with Gasteiger partial charge in [-0.3, -0.25) is 9.59 Å². The van der Waals surface area contributed by atoms with E-state index in [1.165, 1.54) is 18.2 Å². The van der Waals surface area contributed by atoms with E-state index in [0.29, 0.717) is 13.0 Å². The minimum absolute atomic E-state index is 0.261. The Morgan fingerprint density at radius 3 is 2.44 bits per heavy atom. The molecule has 0 aromatic heterocycles. The monoisotopic (exact) mass is 340 g/mol. The fourth-order valence-corrected chi connectivity index (χ4v) is 2.20. The van der Waals surface area contributed by atoms with Crippen LogP contribution in [0, 0.1) is 5.82 Å². The summed E-state index contributed by atoms with van der Waals surface area (Å²) in [6, 6.07) is 14.9. The minimum Gasteiger partial charge on any atom is -0.354 e. The zero-order valence-electron chi connectivity index (χ0n) is 14.0. The van der Waals surface area contributed by atoms with Crippen molar-refractivity contribution in [2.75, 3.05) is 6.54 Å². The fraction of sp³-hybridized carbons (Fsp3) is 0.200. The topological polar surface area (TPSA) is 58.2 Å². The van der Waals surface area contributed by atoms with E-state index in [1.54, 1.807) is 25.1 Å². The van der Waals surface area contributed by atoms with Crippen molar-refractivity contribution in [2.45, 2.75) is 19.4 Å². The first-order valence-electron chi connectivity index (χ1n) is 8.10. The fourth-order valence-electron chi connectivity index (χ4n) is 2.20. The first-order chi connectivity index (χ1) is 12.0. The first kappa shape index (κ1) is 18.4. The Bertz CT molecular complexity index is 727. The van der Waals surface area contributed by atoms with E-state index in [1.807, 2.05) is 30.3 Å². The zero-order chi connectivity index (χ0) is 18.1. The van der Waals surface area contributed by atoms with Gasteiger partial charge in [-0.2, -0.15) is 0 Å². The van der Waals surface area contributed by atoms with Gasteiger partial charge in [0.05, 0.1) is 0 Å². The van der Waals surface area contributed by atoms with Crippen LogP contribution in [-0.2, 0) is 16.0 Å². The van der Waals surface area contributed by atoms with Gasteiger partial charge in [0.25, 0.3) is 0 Å². The van der Waals surface area contributed by atoms with Crippen LogP contribution in [0.5, 0.6) is 0 Å². The second-order valence-electron chi connectivity index (χ2n) is 5.64. The van der Waals surface area contributed by atoms with E-state index in [-0.39, 0.29) is 17.6 Å². The molecule has 0 aliphatic rings. The number of carbonyl (C=O) groups excluding carboxylic acids is 2. The molecule has 0 saturated heterocycles. The van der Waals surface area contributed by atoms with Gasteiger partial charge in [-0.05, 0) is 42.7 Å². The van der Waals surface area contributed by atoms with E-state index in [9.17, 15) is 14.0 Å². The zero-order valence-corrected chi connectivity index (χ0v) is 14.0. The molecule has 5 heteroatoms. The Morgan fingerprint density at radius 2 is 1.76 bits per heavy atom. The van der Waals surface area contributed by atoms with E-state index in [2.05, 4.69) is 10.6 Å². The van der Waals surface area contributed by atoms with Crippen molar-refractivity contribution in [1.29, 1.82) is 0 Å². The molecule has 0 fully saturated rings. The average Bonchev–Trinajstić information content (AvgIpc) is 2.62. The van der Waals surface area contributed by atoms with Crippen molar-refractivity contribution >= 4 is 17.9 Å². The van der Waals surface area contributed by atoms with Crippen molar-refractivity contribution in [1.82, 2.24) is 10.6 Å². The molecule has 130 valence electrons. The summed E-state index contributed by atoms with van der Waals surface area (Å²) in [5, 5.41) is 5.37. The number of nitrogens with one attached hydrogen (secondary N) is 2. The van der Waals surface area contributed by atoms with Gasteiger partial charge in [0.2, 0.25) is 11.8 Å². The summed E-state index contributed by atoms with van der Waals surface area (Å²) in [4.78, 5) is 23.8. The summed E-state index contributed by atoms with van der Waals surface area (Å²) in [7, 11) is 0. The molecule has 2 rings (SSSR count). The van der Waals surface area contributed by atoms with Crippen LogP contribution in [0.3, 0.4) is 0 Å². The average molecular weight is 340 g/mol. The van der Waals surface area contributed by atoms with Gasteiger partial charge < -0.3 is 10.6 Å². The maximum Gasteiger partial charge on any atom is 0.244 e. The summed E-state index contributed by atoms with van der Waals surface area (Å²) in [6.07, 6.45) is 3.69. The van der Waals surface area contributed by atoms with Crippen molar-refractivity contribution < 1.29 is 14.0 Å². The molecule has 4 nitrogen and oxygen atoms in total. The van der Waals surface area contributed by atoms with Gasteiger partial charge in [0, 0.05) is 12.6 Å². The van der Waals surface area contributed by atoms with Gasteiger partial charge in [-0.25, -0.2) is 4.39 Å². The van der Waals surface area contributed by atoms with Crippen molar-refractivity contribution in [3.05, 3.63) is 77.6 Å². The van der Waals surface area contributed by atoms with E-state index in [0.717, 1.165) is 11.1 Å². The molecule has 2 N–H and O–H groups in total. The highest BCUT2D eigenvalue weighted by molar-refractivity contribution is 5.95. The lowest BCUT2D eigenvalue weighted by molar-refractivity contribution is -0.126. The third-order valence-electron chi connectivity index (χ3n) is 3.60. The SMILES string of the molecule is C[C@H](NC(=O)/C=C/c1ccccc1)C(=O)NCCc1ccc(F)cc1. The summed E-state index contributed by atoms with van der Waals surface area (Å²) >= 11 is 0. The number of halogens is 1. The molecule has 0 radical (unpaired) electrons. The molecule has 2 aromatic carbocycles. The summed E-state index contributed by atoms with van der Waals surface area (Å²) in [6.45, 7) is 2.05. The molecule has 25 heavy (non-hydrogen) atoms. The van der Waals surface area contributed by atoms with Gasteiger partial charge in [0.15, 0.2) is 0 Å². The van der Waals surface area contributed by atoms with Crippen LogP contribution in [0.1, 0.15) is 18.1 Å². The number of carbonyl (C=O) groups is 2. The second-order valence-corrected chi connectivity index (χ2v) is 5.64. The molecular formula is C20H21FN2O2. The number of amides is 2. The predicted molar refractivity (Wildman–Crippen MR) is 96.2 cm³/mol. The molecule has 0 unspecified atom stereocenters. The minimum atomic E-state index is -0.638. The highest BCUT2D eigenvalue weighted by atomic mass is 19.1. The third kappa shape index (κ3) is 6.59. The van der Waals surface area contributed by atoms with Crippen LogP contribution in [0.15, 0.2) is 60.7 Å². The van der Waals surface area contributed by atoms with Crippen LogP contribution in [0.2, 0.25) is 0 Å². The molecule has 2 amide bonds. The molecule has 2 aromatic rings. The number of hydrogen-bond acceptors (Lipinski definition) is 2. The molecular weight excluding hydrogens is 319 g/mol. The first-order valence-corrected chi connectivity index (χ1v) is 8.10.